The van der Waals surface area contributed by atoms with Crippen molar-refractivity contribution in [2.24, 2.45) is 5.10 Å². The lowest BCUT2D eigenvalue weighted by molar-refractivity contribution is 0.0958. The van der Waals surface area contributed by atoms with Crippen LogP contribution in [0.15, 0.2) is 84.0 Å². The van der Waals surface area contributed by atoms with E-state index in [1.807, 2.05) is 85.8 Å². The number of para-hydroxylation sites is 1. The minimum Gasteiger partial charge on any atom is -0.496 e. The smallest absolute Gasteiger partial charge is 0.283 e. The molecule has 0 saturated carbocycles. The topological polar surface area (TPSA) is 72.8 Å². The highest BCUT2D eigenvalue weighted by Crippen LogP contribution is 2.34. The van der Waals surface area contributed by atoms with Crippen LogP contribution in [-0.2, 0) is 6.61 Å². The van der Waals surface area contributed by atoms with E-state index in [1.54, 1.807) is 13.3 Å². The normalized spacial score (nSPS) is 10.8. The number of rotatable bonds is 8. The minimum absolute atomic E-state index is 0.301. The molecule has 1 aromatic heterocycles. The standard InChI is InChI=1S/C26H23N3O3S/c1-18-24(33-26(28-18)22-10-6-7-11-23(22)31-2)25(30)29-27-16-19-12-14-21(15-13-19)32-17-20-8-4-3-5-9-20/h3-16H,17H2,1-2H3,(H,29,30)/b27-16+. The van der Waals surface area contributed by atoms with Gasteiger partial charge in [0.15, 0.2) is 0 Å². The number of nitrogens with one attached hydrogen (secondary N) is 1. The van der Waals surface area contributed by atoms with Crippen LogP contribution in [0.3, 0.4) is 0 Å². The van der Waals surface area contributed by atoms with Crippen LogP contribution in [-0.4, -0.2) is 24.2 Å². The first-order valence-electron chi connectivity index (χ1n) is 10.3. The number of benzene rings is 3. The van der Waals surface area contributed by atoms with Crippen LogP contribution in [0.1, 0.15) is 26.5 Å². The molecule has 1 N–H and O–H groups in total. The number of carbonyl (C=O) groups excluding carboxylic acids is 1. The molecule has 0 radical (unpaired) electrons. The molecule has 3 aromatic carbocycles. The van der Waals surface area contributed by atoms with Crippen molar-refractivity contribution in [3.8, 4) is 22.1 Å². The zero-order chi connectivity index (χ0) is 23.0. The van der Waals surface area contributed by atoms with Crippen molar-refractivity contribution in [3.63, 3.8) is 0 Å². The summed E-state index contributed by atoms with van der Waals surface area (Å²) in [7, 11) is 1.61. The first kappa shape index (κ1) is 22.2. The number of thiazole rings is 1. The van der Waals surface area contributed by atoms with Gasteiger partial charge in [0.2, 0.25) is 0 Å². The van der Waals surface area contributed by atoms with Gasteiger partial charge in [0.1, 0.15) is 28.0 Å². The maximum atomic E-state index is 12.6. The lowest BCUT2D eigenvalue weighted by atomic mass is 10.2. The van der Waals surface area contributed by atoms with E-state index in [-0.39, 0.29) is 5.91 Å². The molecule has 0 aliphatic rings. The van der Waals surface area contributed by atoms with Crippen molar-refractivity contribution in [3.05, 3.63) is 101 Å². The van der Waals surface area contributed by atoms with Crippen LogP contribution in [0, 0.1) is 6.92 Å². The third-order valence-electron chi connectivity index (χ3n) is 4.85. The number of aromatic nitrogens is 1. The van der Waals surface area contributed by atoms with Gasteiger partial charge in [-0.15, -0.1) is 11.3 Å². The van der Waals surface area contributed by atoms with Crippen LogP contribution < -0.4 is 14.9 Å². The Kier molecular flexibility index (Phi) is 7.12. The Bertz CT molecular complexity index is 1250. The number of hydrogen-bond acceptors (Lipinski definition) is 6. The summed E-state index contributed by atoms with van der Waals surface area (Å²) in [5.41, 5.74) is 6.03. The average molecular weight is 458 g/mol. The fourth-order valence-corrected chi connectivity index (χ4v) is 4.14. The molecule has 1 heterocycles. The van der Waals surface area contributed by atoms with Crippen molar-refractivity contribution in [1.29, 1.82) is 0 Å². The second-order valence-corrected chi connectivity index (χ2v) is 8.18. The lowest BCUT2D eigenvalue weighted by Crippen LogP contribution is -2.17. The number of hydrazone groups is 1. The molecule has 4 rings (SSSR count). The second-order valence-electron chi connectivity index (χ2n) is 7.18. The number of nitrogens with zero attached hydrogens (tertiary/aromatic N) is 2. The van der Waals surface area contributed by atoms with Gasteiger partial charge in [-0.3, -0.25) is 4.79 Å². The van der Waals surface area contributed by atoms with Crippen molar-refractivity contribution in [2.45, 2.75) is 13.5 Å². The van der Waals surface area contributed by atoms with E-state index < -0.39 is 0 Å². The Hall–Kier alpha value is -3.97. The summed E-state index contributed by atoms with van der Waals surface area (Å²) < 4.78 is 11.2. The average Bonchev–Trinajstić information content (AvgIpc) is 3.25. The summed E-state index contributed by atoms with van der Waals surface area (Å²) in [4.78, 5) is 17.7. The molecular formula is C26H23N3O3S. The Morgan fingerprint density at radius 3 is 2.52 bits per heavy atom. The Morgan fingerprint density at radius 1 is 1.03 bits per heavy atom. The van der Waals surface area contributed by atoms with E-state index in [0.717, 1.165) is 27.4 Å². The van der Waals surface area contributed by atoms with Gasteiger partial charge >= 0.3 is 0 Å². The van der Waals surface area contributed by atoms with Crippen LogP contribution in [0.2, 0.25) is 0 Å². The first-order chi connectivity index (χ1) is 16.1. The van der Waals surface area contributed by atoms with Gasteiger partial charge in [-0.05, 0) is 54.4 Å². The van der Waals surface area contributed by atoms with Crippen molar-refractivity contribution >= 4 is 23.5 Å². The van der Waals surface area contributed by atoms with Crippen molar-refractivity contribution < 1.29 is 14.3 Å². The molecule has 0 aliphatic carbocycles. The number of aryl methyl sites for hydroxylation is 1. The molecule has 0 unspecified atom stereocenters. The van der Waals surface area contributed by atoms with Gasteiger partial charge in [-0.2, -0.15) is 5.10 Å². The minimum atomic E-state index is -0.301. The van der Waals surface area contributed by atoms with Crippen molar-refractivity contribution in [2.75, 3.05) is 7.11 Å². The summed E-state index contributed by atoms with van der Waals surface area (Å²) in [5.74, 6) is 1.18. The molecular weight excluding hydrogens is 434 g/mol. The van der Waals surface area contributed by atoms with Crippen LogP contribution >= 0.6 is 11.3 Å². The predicted octanol–water partition coefficient (Wildman–Crippen LogP) is 5.47. The summed E-state index contributed by atoms with van der Waals surface area (Å²) in [5, 5.41) is 4.81. The van der Waals surface area contributed by atoms with E-state index in [4.69, 9.17) is 9.47 Å². The summed E-state index contributed by atoms with van der Waals surface area (Å²) in [6.45, 7) is 2.32. The molecule has 0 bridgehead atoms. The maximum Gasteiger partial charge on any atom is 0.283 e. The largest absolute Gasteiger partial charge is 0.496 e. The first-order valence-corrected chi connectivity index (χ1v) is 11.2. The Balaban J connectivity index is 1.36. The van der Waals surface area contributed by atoms with Gasteiger partial charge in [-0.25, -0.2) is 10.4 Å². The maximum absolute atomic E-state index is 12.6. The molecule has 7 heteroatoms. The SMILES string of the molecule is COc1ccccc1-c1nc(C)c(C(=O)N/N=C/c2ccc(OCc3ccccc3)cc2)s1. The van der Waals surface area contributed by atoms with Gasteiger partial charge in [-0.1, -0.05) is 42.5 Å². The molecule has 0 aliphatic heterocycles. The third-order valence-corrected chi connectivity index (χ3v) is 6.04. The van der Waals surface area contributed by atoms with Crippen LogP contribution in [0.25, 0.3) is 10.6 Å². The summed E-state index contributed by atoms with van der Waals surface area (Å²) in [6, 6.07) is 25.1. The van der Waals surface area contributed by atoms with Gasteiger partial charge in [0, 0.05) is 0 Å². The highest BCUT2D eigenvalue weighted by Gasteiger charge is 2.17. The summed E-state index contributed by atoms with van der Waals surface area (Å²) in [6.07, 6.45) is 1.59. The molecule has 0 saturated heterocycles. The van der Waals surface area contributed by atoms with Gasteiger partial charge in [0.25, 0.3) is 5.91 Å². The van der Waals surface area contributed by atoms with E-state index in [2.05, 4.69) is 15.5 Å². The fraction of sp³-hybridized carbons (Fsp3) is 0.115. The van der Waals surface area contributed by atoms with Crippen LogP contribution in [0.5, 0.6) is 11.5 Å². The third kappa shape index (κ3) is 5.64. The second kappa shape index (κ2) is 10.6. The molecule has 0 atom stereocenters. The number of amides is 1. The monoisotopic (exact) mass is 457 g/mol. The molecule has 4 aromatic rings. The van der Waals surface area contributed by atoms with E-state index in [9.17, 15) is 4.79 Å². The zero-order valence-corrected chi connectivity index (χ0v) is 19.1. The number of hydrogen-bond donors (Lipinski definition) is 1. The molecule has 6 nitrogen and oxygen atoms in total. The highest BCUT2D eigenvalue weighted by molar-refractivity contribution is 7.17. The molecule has 33 heavy (non-hydrogen) atoms. The lowest BCUT2D eigenvalue weighted by Gasteiger charge is -2.06. The van der Waals surface area contributed by atoms with Gasteiger partial charge in [0.05, 0.1) is 24.6 Å². The fourth-order valence-electron chi connectivity index (χ4n) is 3.15. The molecule has 1 amide bonds. The number of carbonyl (C=O) groups is 1. The Labute approximate surface area is 196 Å². The Morgan fingerprint density at radius 2 is 1.76 bits per heavy atom. The van der Waals surface area contributed by atoms with E-state index in [1.165, 1.54) is 11.3 Å². The van der Waals surface area contributed by atoms with Gasteiger partial charge < -0.3 is 9.47 Å². The number of methoxy groups -OCH3 is 1. The predicted molar refractivity (Wildman–Crippen MR) is 131 cm³/mol. The number of ether oxygens (including phenoxy) is 2. The van der Waals surface area contributed by atoms with E-state index in [0.29, 0.717) is 22.9 Å². The molecule has 0 spiro atoms. The highest BCUT2D eigenvalue weighted by atomic mass is 32.1. The quantitative estimate of drug-likeness (QED) is 0.281. The molecule has 166 valence electrons. The summed E-state index contributed by atoms with van der Waals surface area (Å²) >= 11 is 1.31. The zero-order valence-electron chi connectivity index (χ0n) is 18.3. The molecule has 0 fully saturated rings. The van der Waals surface area contributed by atoms with Crippen molar-refractivity contribution in [1.82, 2.24) is 10.4 Å². The van der Waals surface area contributed by atoms with E-state index >= 15 is 0 Å². The van der Waals surface area contributed by atoms with Crippen LogP contribution in [0.4, 0.5) is 0 Å².